The van der Waals surface area contributed by atoms with Crippen LogP contribution in [-0.2, 0) is 9.53 Å². The van der Waals surface area contributed by atoms with Gasteiger partial charge >= 0.3 is 5.97 Å². The number of rotatable bonds is 2. The molecule has 0 fully saturated rings. The average Bonchev–Trinajstić information content (AvgIpc) is 2.17. The molecule has 62 valence electrons. The van der Waals surface area contributed by atoms with Crippen LogP contribution in [0.1, 0.15) is 0 Å². The van der Waals surface area contributed by atoms with Crippen molar-refractivity contribution >= 4 is 21.9 Å². The van der Waals surface area contributed by atoms with E-state index in [1.165, 1.54) is 7.11 Å². The van der Waals surface area contributed by atoms with Crippen LogP contribution in [-0.4, -0.2) is 17.9 Å². The molecule has 0 N–H and O–H groups in total. The molecule has 0 aromatic heterocycles. The third kappa shape index (κ3) is 1.99. The van der Waals surface area contributed by atoms with E-state index in [-0.39, 0.29) is 5.97 Å². The molecule has 0 heterocycles. The summed E-state index contributed by atoms with van der Waals surface area (Å²) in [6.45, 7) is 0. The second-order valence-corrected chi connectivity index (χ2v) is 3.05. The molecule has 12 heavy (non-hydrogen) atoms. The van der Waals surface area contributed by atoms with Gasteiger partial charge in [0.1, 0.15) is 4.83 Å². The predicted octanol–water partition coefficient (Wildman–Crippen LogP) is 1.73. The van der Waals surface area contributed by atoms with Crippen LogP contribution in [0.3, 0.4) is 0 Å². The number of alkyl halides is 1. The minimum absolute atomic E-state index is 0.328. The van der Waals surface area contributed by atoms with E-state index < -0.39 is 4.83 Å². The number of carbonyl (C=O) groups excluding carboxylic acids is 1. The van der Waals surface area contributed by atoms with Gasteiger partial charge in [0.05, 0.1) is 7.11 Å². The van der Waals surface area contributed by atoms with Gasteiger partial charge in [-0.05, 0) is 12.2 Å². The van der Waals surface area contributed by atoms with Crippen LogP contribution in [0, 0.1) is 0 Å². The predicted molar refractivity (Wildman–Crippen MR) is 49.0 cm³/mol. The Kier molecular flexibility index (Phi) is 3.12. The lowest BCUT2D eigenvalue weighted by Gasteiger charge is -2.05. The molecule has 0 radical (unpaired) electrons. The molecule has 0 aliphatic heterocycles. The van der Waals surface area contributed by atoms with Crippen LogP contribution < -0.4 is 0 Å². The number of halogens is 1. The van der Waals surface area contributed by atoms with E-state index in [2.05, 4.69) is 32.1 Å². The van der Waals surface area contributed by atoms with E-state index >= 15 is 0 Å². The van der Waals surface area contributed by atoms with Gasteiger partial charge in [0.2, 0.25) is 0 Å². The standard InChI is InChI=1S/C9H7BrO2/c1-12-9(11)8(10)7-5-3-2-4-6-7/h2-3,5,8H,1H3. The Balaban J connectivity index is 2.84. The molecule has 0 aromatic carbocycles. The highest BCUT2D eigenvalue weighted by molar-refractivity contribution is 9.10. The fourth-order valence-electron chi connectivity index (χ4n) is 0.745. The highest BCUT2D eigenvalue weighted by atomic mass is 79.9. The summed E-state index contributed by atoms with van der Waals surface area (Å²) >= 11 is 3.19. The van der Waals surface area contributed by atoms with Gasteiger partial charge in [-0.25, -0.2) is 0 Å². The van der Waals surface area contributed by atoms with Crippen LogP contribution >= 0.6 is 15.9 Å². The molecule has 2 nitrogen and oxygen atoms in total. The van der Waals surface area contributed by atoms with Crippen LogP contribution in [0.4, 0.5) is 0 Å². The maximum atomic E-state index is 11.0. The van der Waals surface area contributed by atoms with Gasteiger partial charge in [-0.2, -0.15) is 0 Å². The molecule has 0 saturated heterocycles. The molecular weight excluding hydrogens is 220 g/mol. The van der Waals surface area contributed by atoms with Gasteiger partial charge < -0.3 is 4.74 Å². The smallest absolute Gasteiger partial charge is 0.324 e. The second-order valence-electron chi connectivity index (χ2n) is 2.14. The SMILES string of the molecule is COC(=O)C(Br)C1=C=C=CC=C1. The van der Waals surface area contributed by atoms with Crippen molar-refractivity contribution in [2.45, 2.75) is 4.83 Å². The molecule has 1 unspecified atom stereocenters. The summed E-state index contributed by atoms with van der Waals surface area (Å²) in [5.41, 5.74) is 6.29. The van der Waals surface area contributed by atoms with Crippen LogP contribution in [0.2, 0.25) is 0 Å². The molecule has 3 heteroatoms. The van der Waals surface area contributed by atoms with E-state index in [4.69, 9.17) is 0 Å². The maximum absolute atomic E-state index is 11.0. The minimum Gasteiger partial charge on any atom is -0.468 e. The maximum Gasteiger partial charge on any atom is 0.324 e. The molecule has 1 atom stereocenters. The molecule has 0 aromatic rings. The highest BCUT2D eigenvalue weighted by Gasteiger charge is 2.18. The number of hydrogen-bond donors (Lipinski definition) is 0. The molecule has 0 spiro atoms. The summed E-state index contributed by atoms with van der Waals surface area (Å²) in [4.78, 5) is 10.6. The Morgan fingerprint density at radius 3 is 3.00 bits per heavy atom. The Labute approximate surface area is 79.0 Å². The summed E-state index contributed by atoms with van der Waals surface area (Å²) < 4.78 is 4.55. The first-order chi connectivity index (χ1) is 5.75. The zero-order chi connectivity index (χ0) is 8.97. The van der Waals surface area contributed by atoms with Gasteiger partial charge in [-0.3, -0.25) is 4.79 Å². The van der Waals surface area contributed by atoms with Crippen LogP contribution in [0.15, 0.2) is 35.3 Å². The van der Waals surface area contributed by atoms with Crippen LogP contribution in [0.5, 0.6) is 0 Å². The summed E-state index contributed by atoms with van der Waals surface area (Å²) in [7, 11) is 1.35. The number of carbonyl (C=O) groups is 1. The Morgan fingerprint density at radius 2 is 2.50 bits per heavy atom. The number of allylic oxidation sites excluding steroid dienone is 3. The lowest BCUT2D eigenvalue weighted by atomic mass is 10.1. The lowest BCUT2D eigenvalue weighted by molar-refractivity contribution is -0.139. The lowest BCUT2D eigenvalue weighted by Crippen LogP contribution is -2.16. The molecule has 0 amide bonds. The number of methoxy groups -OCH3 is 1. The van der Waals surface area contributed by atoms with Crippen molar-refractivity contribution in [3.63, 3.8) is 0 Å². The van der Waals surface area contributed by atoms with Crippen molar-refractivity contribution in [3.05, 3.63) is 35.3 Å². The van der Waals surface area contributed by atoms with Gasteiger partial charge in [-0.15, -0.1) is 0 Å². The van der Waals surface area contributed by atoms with E-state index in [1.54, 1.807) is 18.2 Å². The Bertz CT molecular complexity index is 315. The summed E-state index contributed by atoms with van der Waals surface area (Å²) in [6, 6.07) is 0. The van der Waals surface area contributed by atoms with E-state index in [0.29, 0.717) is 0 Å². The Hall–Kier alpha value is -1.01. The molecule has 1 aliphatic carbocycles. The zero-order valence-corrected chi connectivity index (χ0v) is 8.09. The summed E-state index contributed by atoms with van der Waals surface area (Å²) in [5.74, 6) is -0.328. The van der Waals surface area contributed by atoms with E-state index in [9.17, 15) is 4.79 Å². The van der Waals surface area contributed by atoms with Gasteiger partial charge in [-0.1, -0.05) is 33.5 Å². The first-order valence-electron chi connectivity index (χ1n) is 3.36. The van der Waals surface area contributed by atoms with Crippen molar-refractivity contribution in [2.75, 3.05) is 7.11 Å². The van der Waals surface area contributed by atoms with Gasteiger partial charge in [0.25, 0.3) is 0 Å². The number of esters is 1. The Morgan fingerprint density at radius 1 is 1.75 bits per heavy atom. The minimum atomic E-state index is -0.444. The first kappa shape index (κ1) is 9.08. The molecule has 0 bridgehead atoms. The fraction of sp³-hybridized carbons (Fsp3) is 0.222. The van der Waals surface area contributed by atoms with Crippen molar-refractivity contribution < 1.29 is 9.53 Å². The van der Waals surface area contributed by atoms with Crippen molar-refractivity contribution in [1.29, 1.82) is 0 Å². The summed E-state index contributed by atoms with van der Waals surface area (Å²) in [6.07, 6.45) is 5.30. The molecule has 0 saturated carbocycles. The van der Waals surface area contributed by atoms with Crippen molar-refractivity contribution in [1.82, 2.24) is 0 Å². The van der Waals surface area contributed by atoms with Crippen molar-refractivity contribution in [3.8, 4) is 0 Å². The van der Waals surface area contributed by atoms with E-state index in [1.807, 2.05) is 0 Å². The number of hydrogen-bond acceptors (Lipinski definition) is 2. The number of ether oxygens (including phenoxy) is 1. The first-order valence-corrected chi connectivity index (χ1v) is 4.27. The van der Waals surface area contributed by atoms with Crippen molar-refractivity contribution in [2.24, 2.45) is 0 Å². The van der Waals surface area contributed by atoms with E-state index in [0.717, 1.165) is 5.57 Å². The fourth-order valence-corrected chi connectivity index (χ4v) is 1.20. The largest absolute Gasteiger partial charge is 0.468 e. The quantitative estimate of drug-likeness (QED) is 0.408. The zero-order valence-electron chi connectivity index (χ0n) is 6.50. The third-order valence-electron chi connectivity index (χ3n) is 1.35. The second kappa shape index (κ2) is 4.13. The van der Waals surface area contributed by atoms with Gasteiger partial charge in [0, 0.05) is 5.57 Å². The normalized spacial score (nSPS) is 15.7. The highest BCUT2D eigenvalue weighted by Crippen LogP contribution is 2.15. The average molecular weight is 227 g/mol. The third-order valence-corrected chi connectivity index (χ3v) is 2.22. The topological polar surface area (TPSA) is 26.3 Å². The molecule has 1 rings (SSSR count). The molecule has 1 aliphatic rings. The van der Waals surface area contributed by atoms with Gasteiger partial charge in [0.15, 0.2) is 0 Å². The monoisotopic (exact) mass is 226 g/mol. The summed E-state index contributed by atoms with van der Waals surface area (Å²) in [5, 5.41) is 0. The molecular formula is C9H7BrO2. The van der Waals surface area contributed by atoms with Crippen LogP contribution in [0.25, 0.3) is 0 Å².